The third-order valence-electron chi connectivity index (χ3n) is 2.33. The lowest BCUT2D eigenvalue weighted by molar-refractivity contribution is 0.267. The summed E-state index contributed by atoms with van der Waals surface area (Å²) in [5.74, 6) is 0. The van der Waals surface area contributed by atoms with Crippen LogP contribution in [0, 0.1) is 0 Å². The van der Waals surface area contributed by atoms with Crippen LogP contribution in [0.3, 0.4) is 0 Å². The standard InChI is InChI=1S/C11H18O2Si/c1-10(14(12-2)13-3)9-11-7-5-4-6-8-11/h4-8,10,14H,9H2,1-3H3. The van der Waals surface area contributed by atoms with Crippen LogP contribution in [0.2, 0.25) is 5.54 Å². The van der Waals surface area contributed by atoms with E-state index in [-0.39, 0.29) is 0 Å². The van der Waals surface area contributed by atoms with Gasteiger partial charge in [0, 0.05) is 19.8 Å². The molecule has 1 aromatic rings. The van der Waals surface area contributed by atoms with Crippen molar-refractivity contribution in [3.05, 3.63) is 35.9 Å². The summed E-state index contributed by atoms with van der Waals surface area (Å²) in [5.41, 5.74) is 1.86. The van der Waals surface area contributed by atoms with Gasteiger partial charge in [0.2, 0.25) is 0 Å². The van der Waals surface area contributed by atoms with Crippen LogP contribution in [0.4, 0.5) is 0 Å². The molecule has 0 aliphatic carbocycles. The van der Waals surface area contributed by atoms with Crippen molar-refractivity contribution in [2.75, 3.05) is 14.2 Å². The van der Waals surface area contributed by atoms with Gasteiger partial charge in [-0.15, -0.1) is 0 Å². The summed E-state index contributed by atoms with van der Waals surface area (Å²) < 4.78 is 10.7. The lowest BCUT2D eigenvalue weighted by atomic mass is 10.1. The Bertz CT molecular complexity index is 247. The van der Waals surface area contributed by atoms with E-state index in [4.69, 9.17) is 8.85 Å². The van der Waals surface area contributed by atoms with Crippen LogP contribution in [-0.4, -0.2) is 23.5 Å². The van der Waals surface area contributed by atoms with E-state index in [1.165, 1.54) is 5.56 Å². The summed E-state index contributed by atoms with van der Waals surface area (Å²) in [4.78, 5) is 0. The van der Waals surface area contributed by atoms with Crippen LogP contribution >= 0.6 is 0 Å². The van der Waals surface area contributed by atoms with Crippen LogP contribution in [0.5, 0.6) is 0 Å². The third kappa shape index (κ3) is 3.25. The molecule has 1 rings (SSSR count). The maximum atomic E-state index is 5.35. The molecule has 0 amide bonds. The fourth-order valence-electron chi connectivity index (χ4n) is 1.64. The van der Waals surface area contributed by atoms with Gasteiger partial charge in [0.25, 0.3) is 0 Å². The van der Waals surface area contributed by atoms with E-state index in [0.717, 1.165) is 6.42 Å². The van der Waals surface area contributed by atoms with E-state index in [2.05, 4.69) is 31.2 Å². The lowest BCUT2D eigenvalue weighted by Gasteiger charge is -2.18. The number of hydrogen-bond acceptors (Lipinski definition) is 2. The summed E-state index contributed by atoms with van der Waals surface area (Å²) in [6.45, 7) is 2.19. The predicted octanol–water partition coefficient (Wildman–Crippen LogP) is 2.13. The summed E-state index contributed by atoms with van der Waals surface area (Å²) in [6, 6.07) is 10.5. The highest BCUT2D eigenvalue weighted by molar-refractivity contribution is 6.46. The molecule has 1 atom stereocenters. The molecule has 0 heterocycles. The fraction of sp³-hybridized carbons (Fsp3) is 0.455. The smallest absolute Gasteiger partial charge is 0.324 e. The van der Waals surface area contributed by atoms with E-state index in [0.29, 0.717) is 5.54 Å². The first-order chi connectivity index (χ1) is 6.77. The molecule has 0 saturated heterocycles. The molecule has 1 unspecified atom stereocenters. The van der Waals surface area contributed by atoms with Gasteiger partial charge in [0.05, 0.1) is 0 Å². The van der Waals surface area contributed by atoms with Crippen molar-refractivity contribution >= 4 is 9.28 Å². The first-order valence-electron chi connectivity index (χ1n) is 4.87. The largest absolute Gasteiger partial charge is 0.400 e. The molecule has 1 aromatic carbocycles. The van der Waals surface area contributed by atoms with Gasteiger partial charge in [-0.3, -0.25) is 0 Å². The van der Waals surface area contributed by atoms with Gasteiger partial charge in [-0.05, 0) is 12.0 Å². The molecule has 3 heteroatoms. The molecule has 0 aliphatic rings. The average Bonchev–Trinajstić information content (AvgIpc) is 2.21. The molecule has 78 valence electrons. The Morgan fingerprint density at radius 2 is 1.71 bits per heavy atom. The lowest BCUT2D eigenvalue weighted by Crippen LogP contribution is -2.25. The third-order valence-corrected chi connectivity index (χ3v) is 4.42. The van der Waals surface area contributed by atoms with E-state index in [1.807, 2.05) is 6.07 Å². The minimum atomic E-state index is -1.46. The van der Waals surface area contributed by atoms with Crippen molar-refractivity contribution in [3.63, 3.8) is 0 Å². The van der Waals surface area contributed by atoms with Gasteiger partial charge < -0.3 is 8.85 Å². The van der Waals surface area contributed by atoms with E-state index in [1.54, 1.807) is 14.2 Å². The van der Waals surface area contributed by atoms with Crippen molar-refractivity contribution in [3.8, 4) is 0 Å². The summed E-state index contributed by atoms with van der Waals surface area (Å²) in [6.07, 6.45) is 1.04. The Kier molecular flexibility index (Phi) is 4.86. The van der Waals surface area contributed by atoms with Gasteiger partial charge in [-0.1, -0.05) is 37.3 Å². The van der Waals surface area contributed by atoms with E-state index < -0.39 is 9.28 Å². The Labute approximate surface area is 87.7 Å². The molecule has 0 spiro atoms. The summed E-state index contributed by atoms with van der Waals surface area (Å²) in [7, 11) is 2.02. The Morgan fingerprint density at radius 3 is 2.21 bits per heavy atom. The van der Waals surface area contributed by atoms with E-state index >= 15 is 0 Å². The second kappa shape index (κ2) is 5.96. The van der Waals surface area contributed by atoms with Gasteiger partial charge in [-0.2, -0.15) is 0 Å². The molecular weight excluding hydrogens is 192 g/mol. The van der Waals surface area contributed by atoms with Gasteiger partial charge in [-0.25, -0.2) is 0 Å². The molecule has 0 saturated carbocycles. The molecule has 0 bridgehead atoms. The van der Waals surface area contributed by atoms with Gasteiger partial charge in [0.15, 0.2) is 0 Å². The van der Waals surface area contributed by atoms with Crippen LogP contribution in [0.1, 0.15) is 12.5 Å². The summed E-state index contributed by atoms with van der Waals surface area (Å²) in [5, 5.41) is 0. The number of hydrogen-bond donors (Lipinski definition) is 0. The summed E-state index contributed by atoms with van der Waals surface area (Å²) >= 11 is 0. The Morgan fingerprint density at radius 1 is 1.14 bits per heavy atom. The monoisotopic (exact) mass is 210 g/mol. The molecule has 0 fully saturated rings. The van der Waals surface area contributed by atoms with Crippen LogP contribution in [0.15, 0.2) is 30.3 Å². The minimum Gasteiger partial charge on any atom is -0.400 e. The second-order valence-electron chi connectivity index (χ2n) is 3.51. The topological polar surface area (TPSA) is 18.5 Å². The molecule has 14 heavy (non-hydrogen) atoms. The fourth-order valence-corrected chi connectivity index (χ4v) is 3.23. The molecular formula is C11H18O2Si. The molecule has 0 aromatic heterocycles. The maximum absolute atomic E-state index is 5.35. The zero-order valence-corrected chi connectivity index (χ0v) is 10.2. The van der Waals surface area contributed by atoms with Crippen LogP contribution in [0.25, 0.3) is 0 Å². The van der Waals surface area contributed by atoms with Crippen LogP contribution in [-0.2, 0) is 15.3 Å². The highest BCUT2D eigenvalue weighted by Gasteiger charge is 2.19. The van der Waals surface area contributed by atoms with Crippen molar-refractivity contribution in [2.24, 2.45) is 0 Å². The van der Waals surface area contributed by atoms with Gasteiger partial charge in [0.1, 0.15) is 0 Å². The zero-order valence-electron chi connectivity index (χ0n) is 9.07. The average molecular weight is 210 g/mol. The SMILES string of the molecule is CO[SiH](OC)C(C)Cc1ccccc1. The number of benzene rings is 1. The highest BCUT2D eigenvalue weighted by Crippen LogP contribution is 2.17. The second-order valence-corrected chi connectivity index (χ2v) is 6.32. The first-order valence-corrected chi connectivity index (χ1v) is 6.48. The zero-order chi connectivity index (χ0) is 10.4. The normalized spacial score (nSPS) is 13.1. The quantitative estimate of drug-likeness (QED) is 0.693. The molecule has 2 nitrogen and oxygen atoms in total. The van der Waals surface area contributed by atoms with Crippen molar-refractivity contribution in [2.45, 2.75) is 18.9 Å². The van der Waals surface area contributed by atoms with Crippen molar-refractivity contribution in [1.29, 1.82) is 0 Å². The Balaban J connectivity index is 2.52. The number of rotatable bonds is 5. The van der Waals surface area contributed by atoms with Crippen molar-refractivity contribution in [1.82, 2.24) is 0 Å². The van der Waals surface area contributed by atoms with E-state index in [9.17, 15) is 0 Å². The highest BCUT2D eigenvalue weighted by atomic mass is 28.3. The minimum absolute atomic E-state index is 0.507. The maximum Gasteiger partial charge on any atom is 0.324 e. The molecule has 0 radical (unpaired) electrons. The molecule has 0 aliphatic heterocycles. The molecule has 0 N–H and O–H groups in total. The first kappa shape index (κ1) is 11.4. The van der Waals surface area contributed by atoms with Crippen molar-refractivity contribution < 1.29 is 8.85 Å². The Hall–Kier alpha value is -0.643. The van der Waals surface area contributed by atoms with Crippen LogP contribution < -0.4 is 0 Å². The predicted molar refractivity (Wildman–Crippen MR) is 60.7 cm³/mol. The van der Waals surface area contributed by atoms with Gasteiger partial charge >= 0.3 is 9.28 Å².